The maximum atomic E-state index is 12.4. The van der Waals surface area contributed by atoms with Crippen LogP contribution in [0.3, 0.4) is 0 Å². The highest BCUT2D eigenvalue weighted by atomic mass is 19.4. The number of ether oxygens (including phenoxy) is 2. The van der Waals surface area contributed by atoms with E-state index in [0.29, 0.717) is 32.5 Å². The van der Waals surface area contributed by atoms with E-state index in [1.807, 2.05) is 12.1 Å². The number of amides is 1. The quantitative estimate of drug-likeness (QED) is 0.686. The number of benzene rings is 1. The molecule has 0 radical (unpaired) electrons. The van der Waals surface area contributed by atoms with Crippen LogP contribution in [-0.4, -0.2) is 49.4 Å². The third kappa shape index (κ3) is 5.32. The first kappa shape index (κ1) is 21.7. The standard InChI is InChI=1S/C22H28F3NO3/c1-3-16-15-29-21(14-19(16)17-4-6-18(28-2)7-5-17)10-12-26(13-11-21)20(27)8-9-22(23,24)25/h4-7H,3,8-15H2,1-2H3. The molecule has 1 amide bonds. The lowest BCUT2D eigenvalue weighted by atomic mass is 9.79. The number of likely N-dealkylation sites (tertiary alicyclic amines) is 1. The second-order valence-corrected chi connectivity index (χ2v) is 7.81. The third-order valence-corrected chi connectivity index (χ3v) is 5.99. The molecule has 4 nitrogen and oxygen atoms in total. The Balaban J connectivity index is 1.66. The minimum atomic E-state index is -4.30. The second-order valence-electron chi connectivity index (χ2n) is 7.81. The third-order valence-electron chi connectivity index (χ3n) is 5.99. The minimum Gasteiger partial charge on any atom is -0.497 e. The van der Waals surface area contributed by atoms with Crippen LogP contribution in [0.25, 0.3) is 5.57 Å². The molecule has 1 fully saturated rings. The van der Waals surface area contributed by atoms with Gasteiger partial charge in [0.2, 0.25) is 5.91 Å². The van der Waals surface area contributed by atoms with E-state index in [-0.39, 0.29) is 5.60 Å². The van der Waals surface area contributed by atoms with Gasteiger partial charge in [-0.25, -0.2) is 0 Å². The first-order valence-electron chi connectivity index (χ1n) is 10.1. The van der Waals surface area contributed by atoms with Crippen LogP contribution in [0.5, 0.6) is 5.75 Å². The van der Waals surface area contributed by atoms with Crippen LogP contribution in [0, 0.1) is 0 Å². The average Bonchev–Trinajstić information content (AvgIpc) is 2.72. The van der Waals surface area contributed by atoms with E-state index >= 15 is 0 Å². The van der Waals surface area contributed by atoms with Crippen molar-refractivity contribution in [3.8, 4) is 5.75 Å². The fraction of sp³-hybridized carbons (Fsp3) is 0.591. The number of hydrogen-bond donors (Lipinski definition) is 0. The molecular formula is C22H28F3NO3. The summed E-state index contributed by atoms with van der Waals surface area (Å²) in [7, 11) is 1.64. The molecule has 0 unspecified atom stereocenters. The predicted molar refractivity (Wildman–Crippen MR) is 105 cm³/mol. The molecule has 2 aliphatic heterocycles. The molecule has 0 aromatic heterocycles. The zero-order chi connectivity index (χ0) is 21.1. The van der Waals surface area contributed by atoms with E-state index in [1.165, 1.54) is 11.1 Å². The number of piperidine rings is 1. The van der Waals surface area contributed by atoms with Crippen LogP contribution >= 0.6 is 0 Å². The summed E-state index contributed by atoms with van der Waals surface area (Å²) in [6.07, 6.45) is -2.90. The molecule has 29 heavy (non-hydrogen) atoms. The molecule has 0 N–H and O–H groups in total. The Hall–Kier alpha value is -2.02. The smallest absolute Gasteiger partial charge is 0.389 e. The number of carbonyl (C=O) groups is 1. The summed E-state index contributed by atoms with van der Waals surface area (Å²) in [5.41, 5.74) is 3.34. The molecule has 3 rings (SSSR count). The van der Waals surface area contributed by atoms with Crippen molar-refractivity contribution in [2.45, 2.75) is 57.2 Å². The molecule has 1 aromatic rings. The topological polar surface area (TPSA) is 38.8 Å². The van der Waals surface area contributed by atoms with E-state index in [1.54, 1.807) is 12.0 Å². The van der Waals surface area contributed by atoms with Crippen LogP contribution in [-0.2, 0) is 9.53 Å². The van der Waals surface area contributed by atoms with Gasteiger partial charge in [-0.2, -0.15) is 13.2 Å². The summed E-state index contributed by atoms with van der Waals surface area (Å²) in [6, 6.07) is 8.00. The summed E-state index contributed by atoms with van der Waals surface area (Å²) in [5.74, 6) is 0.382. The highest BCUT2D eigenvalue weighted by Crippen LogP contribution is 2.42. The molecular weight excluding hydrogens is 383 g/mol. The number of nitrogens with zero attached hydrogens (tertiary/aromatic N) is 1. The Morgan fingerprint density at radius 2 is 1.86 bits per heavy atom. The molecule has 1 saturated heterocycles. The zero-order valence-corrected chi connectivity index (χ0v) is 17.0. The molecule has 0 saturated carbocycles. The van der Waals surface area contributed by atoms with E-state index in [0.717, 1.165) is 24.2 Å². The van der Waals surface area contributed by atoms with Crippen molar-refractivity contribution in [3.63, 3.8) is 0 Å². The van der Waals surface area contributed by atoms with Crippen LogP contribution < -0.4 is 4.74 Å². The Bertz CT molecular complexity index is 748. The Kier molecular flexibility index (Phi) is 6.56. The van der Waals surface area contributed by atoms with Crippen molar-refractivity contribution >= 4 is 11.5 Å². The van der Waals surface area contributed by atoms with Crippen molar-refractivity contribution in [3.05, 3.63) is 35.4 Å². The Labute approximate surface area is 169 Å². The van der Waals surface area contributed by atoms with E-state index < -0.39 is 24.9 Å². The Morgan fingerprint density at radius 3 is 2.41 bits per heavy atom. The number of methoxy groups -OCH3 is 1. The number of rotatable bonds is 5. The summed E-state index contributed by atoms with van der Waals surface area (Å²) >= 11 is 0. The van der Waals surface area contributed by atoms with Gasteiger partial charge >= 0.3 is 6.18 Å². The van der Waals surface area contributed by atoms with Crippen molar-refractivity contribution in [2.24, 2.45) is 0 Å². The van der Waals surface area contributed by atoms with Gasteiger partial charge in [-0.1, -0.05) is 19.1 Å². The van der Waals surface area contributed by atoms with Gasteiger partial charge in [-0.3, -0.25) is 4.79 Å². The fourth-order valence-corrected chi connectivity index (χ4v) is 4.13. The first-order valence-corrected chi connectivity index (χ1v) is 10.1. The highest BCUT2D eigenvalue weighted by Gasteiger charge is 2.41. The number of alkyl halides is 3. The van der Waals surface area contributed by atoms with E-state index in [4.69, 9.17) is 9.47 Å². The SMILES string of the molecule is CCC1=C(c2ccc(OC)cc2)CC2(CCN(C(=O)CCC(F)(F)F)CC2)OC1. The summed E-state index contributed by atoms with van der Waals surface area (Å²) in [6.45, 7) is 3.55. The highest BCUT2D eigenvalue weighted by molar-refractivity contribution is 5.76. The van der Waals surface area contributed by atoms with E-state index in [9.17, 15) is 18.0 Å². The van der Waals surface area contributed by atoms with Crippen molar-refractivity contribution < 1.29 is 27.4 Å². The molecule has 1 spiro atoms. The normalized spacial score (nSPS) is 19.6. The lowest BCUT2D eigenvalue weighted by Gasteiger charge is -2.45. The summed E-state index contributed by atoms with van der Waals surface area (Å²) in [4.78, 5) is 13.7. The van der Waals surface area contributed by atoms with Gasteiger partial charge in [-0.15, -0.1) is 0 Å². The summed E-state index contributed by atoms with van der Waals surface area (Å²) in [5, 5.41) is 0. The van der Waals surface area contributed by atoms with Gasteiger partial charge in [0.05, 0.1) is 25.7 Å². The zero-order valence-electron chi connectivity index (χ0n) is 17.0. The maximum Gasteiger partial charge on any atom is 0.389 e. The predicted octanol–water partition coefficient (Wildman–Crippen LogP) is 4.98. The van der Waals surface area contributed by atoms with Gasteiger partial charge in [0.15, 0.2) is 0 Å². The van der Waals surface area contributed by atoms with Crippen LogP contribution in [0.2, 0.25) is 0 Å². The van der Waals surface area contributed by atoms with Crippen LogP contribution in [0.1, 0.15) is 51.0 Å². The van der Waals surface area contributed by atoms with Crippen molar-refractivity contribution in [1.29, 1.82) is 0 Å². The largest absolute Gasteiger partial charge is 0.497 e. The van der Waals surface area contributed by atoms with Crippen molar-refractivity contribution in [2.75, 3.05) is 26.8 Å². The van der Waals surface area contributed by atoms with Gasteiger partial charge in [0, 0.05) is 25.9 Å². The molecule has 0 aliphatic carbocycles. The molecule has 160 valence electrons. The molecule has 1 aromatic carbocycles. The fourth-order valence-electron chi connectivity index (χ4n) is 4.13. The van der Waals surface area contributed by atoms with E-state index in [2.05, 4.69) is 19.1 Å². The van der Waals surface area contributed by atoms with Gasteiger partial charge in [0.1, 0.15) is 5.75 Å². The number of carbonyl (C=O) groups excluding carboxylic acids is 1. The Morgan fingerprint density at radius 1 is 1.21 bits per heavy atom. The maximum absolute atomic E-state index is 12.4. The number of halogens is 3. The van der Waals surface area contributed by atoms with Crippen LogP contribution in [0.4, 0.5) is 13.2 Å². The minimum absolute atomic E-state index is 0.352. The molecule has 2 heterocycles. The molecule has 0 atom stereocenters. The van der Waals surface area contributed by atoms with Crippen LogP contribution in [0.15, 0.2) is 29.8 Å². The lowest BCUT2D eigenvalue weighted by molar-refractivity contribution is -0.152. The molecule has 7 heteroatoms. The van der Waals surface area contributed by atoms with Gasteiger partial charge in [-0.05, 0) is 48.1 Å². The lowest BCUT2D eigenvalue weighted by Crippen LogP contribution is -2.49. The number of hydrogen-bond acceptors (Lipinski definition) is 3. The molecule has 2 aliphatic rings. The molecule has 0 bridgehead atoms. The average molecular weight is 411 g/mol. The van der Waals surface area contributed by atoms with Gasteiger partial charge < -0.3 is 14.4 Å². The summed E-state index contributed by atoms with van der Waals surface area (Å²) < 4.78 is 48.7. The first-order chi connectivity index (χ1) is 13.8. The monoisotopic (exact) mass is 411 g/mol. The van der Waals surface area contributed by atoms with Crippen molar-refractivity contribution in [1.82, 2.24) is 4.90 Å². The van der Waals surface area contributed by atoms with Gasteiger partial charge in [0.25, 0.3) is 0 Å². The second kappa shape index (κ2) is 8.78.